The summed E-state index contributed by atoms with van der Waals surface area (Å²) in [4.78, 5) is 18.7. The highest BCUT2D eigenvalue weighted by molar-refractivity contribution is 6.30. The number of hydrogen-bond acceptors (Lipinski definition) is 3. The predicted molar refractivity (Wildman–Crippen MR) is 113 cm³/mol. The quantitative estimate of drug-likeness (QED) is 0.442. The van der Waals surface area contributed by atoms with Gasteiger partial charge in [0.15, 0.2) is 5.96 Å². The Morgan fingerprint density at radius 2 is 2.14 bits per heavy atom. The fraction of sp³-hybridized carbons (Fsp3) is 0.450. The third kappa shape index (κ3) is 5.48. The summed E-state index contributed by atoms with van der Waals surface area (Å²) in [6.07, 6.45) is 6.31. The van der Waals surface area contributed by atoms with Crippen molar-refractivity contribution in [1.29, 1.82) is 0 Å². The fourth-order valence-corrected chi connectivity index (χ4v) is 3.54. The summed E-state index contributed by atoms with van der Waals surface area (Å²) >= 11 is 5.85. The lowest BCUT2D eigenvalue weighted by Gasteiger charge is -2.21. The van der Waals surface area contributed by atoms with Crippen molar-refractivity contribution in [2.45, 2.75) is 25.2 Å². The van der Waals surface area contributed by atoms with Crippen LogP contribution >= 0.6 is 11.6 Å². The summed E-state index contributed by atoms with van der Waals surface area (Å²) in [5.41, 5.74) is 2.04. The number of carbonyl (C=O) groups is 1. The number of aliphatic imine (C=N–C) groups is 1. The van der Waals surface area contributed by atoms with Crippen LogP contribution in [-0.2, 0) is 11.8 Å². The molecule has 1 atom stereocenters. The van der Waals surface area contributed by atoms with Gasteiger partial charge in [0, 0.05) is 63.0 Å². The van der Waals surface area contributed by atoms with Crippen LogP contribution in [0.25, 0.3) is 0 Å². The molecule has 0 saturated carbocycles. The van der Waals surface area contributed by atoms with E-state index in [1.54, 1.807) is 31.3 Å². The number of amides is 1. The maximum atomic E-state index is 12.0. The van der Waals surface area contributed by atoms with E-state index in [4.69, 9.17) is 11.6 Å². The molecular formula is C20H27ClN6O. The van der Waals surface area contributed by atoms with Crippen LogP contribution in [0.3, 0.4) is 0 Å². The predicted octanol–water partition coefficient (Wildman–Crippen LogP) is 2.86. The molecule has 0 bridgehead atoms. The number of nitrogens with one attached hydrogen (secondary N) is 2. The number of carbonyl (C=O) groups excluding carboxylic acids is 1. The molecule has 1 fully saturated rings. The third-order valence-corrected chi connectivity index (χ3v) is 5.14. The minimum absolute atomic E-state index is 0.00285. The molecule has 1 aliphatic heterocycles. The summed E-state index contributed by atoms with van der Waals surface area (Å²) in [7, 11) is 3.74. The van der Waals surface area contributed by atoms with Crippen LogP contribution in [0.2, 0.25) is 5.02 Å². The molecule has 1 saturated heterocycles. The minimum Gasteiger partial charge on any atom is -0.356 e. The van der Waals surface area contributed by atoms with E-state index in [0.717, 1.165) is 37.6 Å². The molecule has 8 heteroatoms. The van der Waals surface area contributed by atoms with Crippen molar-refractivity contribution in [2.75, 3.05) is 32.0 Å². The maximum Gasteiger partial charge on any atom is 0.224 e. The van der Waals surface area contributed by atoms with Gasteiger partial charge in [-0.1, -0.05) is 11.6 Å². The smallest absolute Gasteiger partial charge is 0.224 e. The molecule has 28 heavy (non-hydrogen) atoms. The van der Waals surface area contributed by atoms with E-state index in [1.165, 1.54) is 5.56 Å². The van der Waals surface area contributed by atoms with Gasteiger partial charge < -0.3 is 15.5 Å². The first-order valence-electron chi connectivity index (χ1n) is 9.54. The standard InChI is InChI=1S/C20H27ClN6O/c1-22-20(27-11-9-15(14-27)16-12-24-26(2)13-16)23-10-3-4-19(28)25-18-7-5-17(21)6-8-18/h5-8,12-13,15H,3-4,9-11,14H2,1-2H3,(H,22,23)(H,25,28). The van der Waals surface area contributed by atoms with Gasteiger partial charge >= 0.3 is 0 Å². The van der Waals surface area contributed by atoms with Gasteiger partial charge in [-0.15, -0.1) is 0 Å². The first kappa shape index (κ1) is 20.2. The molecule has 2 heterocycles. The Bertz CT molecular complexity index is 816. The van der Waals surface area contributed by atoms with E-state index in [0.29, 0.717) is 23.9 Å². The summed E-state index contributed by atoms with van der Waals surface area (Å²) in [6.45, 7) is 2.60. The average molecular weight is 403 g/mol. The van der Waals surface area contributed by atoms with Crippen molar-refractivity contribution in [3.05, 3.63) is 47.2 Å². The lowest BCUT2D eigenvalue weighted by molar-refractivity contribution is -0.116. The second-order valence-electron chi connectivity index (χ2n) is 7.01. The van der Waals surface area contributed by atoms with Crippen LogP contribution in [-0.4, -0.2) is 53.2 Å². The molecule has 0 radical (unpaired) electrons. The molecule has 1 aliphatic rings. The van der Waals surface area contributed by atoms with Gasteiger partial charge in [0.05, 0.1) is 6.20 Å². The topological polar surface area (TPSA) is 74.6 Å². The zero-order chi connectivity index (χ0) is 19.9. The van der Waals surface area contributed by atoms with Crippen molar-refractivity contribution in [3.63, 3.8) is 0 Å². The fourth-order valence-electron chi connectivity index (χ4n) is 3.41. The first-order valence-corrected chi connectivity index (χ1v) is 9.92. The molecule has 2 N–H and O–H groups in total. The molecule has 0 aliphatic carbocycles. The highest BCUT2D eigenvalue weighted by atomic mass is 35.5. The number of aromatic nitrogens is 2. The number of guanidine groups is 1. The second kappa shape index (κ2) is 9.59. The number of nitrogens with zero attached hydrogens (tertiary/aromatic N) is 4. The SMILES string of the molecule is CN=C(NCCCC(=O)Nc1ccc(Cl)cc1)N1CCC(c2cnn(C)c2)C1. The minimum atomic E-state index is -0.00285. The monoisotopic (exact) mass is 402 g/mol. The second-order valence-corrected chi connectivity index (χ2v) is 7.45. The van der Waals surface area contributed by atoms with E-state index in [-0.39, 0.29) is 5.91 Å². The van der Waals surface area contributed by atoms with Crippen molar-refractivity contribution < 1.29 is 4.79 Å². The van der Waals surface area contributed by atoms with E-state index in [9.17, 15) is 4.79 Å². The third-order valence-electron chi connectivity index (χ3n) is 4.89. The number of anilines is 1. The Balaban J connectivity index is 1.38. The van der Waals surface area contributed by atoms with E-state index in [2.05, 4.69) is 31.8 Å². The lowest BCUT2D eigenvalue weighted by Crippen LogP contribution is -2.40. The summed E-state index contributed by atoms with van der Waals surface area (Å²) in [5.74, 6) is 1.37. The van der Waals surface area contributed by atoms with E-state index < -0.39 is 0 Å². The lowest BCUT2D eigenvalue weighted by atomic mass is 10.0. The van der Waals surface area contributed by atoms with Crippen molar-refractivity contribution in [3.8, 4) is 0 Å². The van der Waals surface area contributed by atoms with Crippen LogP contribution in [0.15, 0.2) is 41.7 Å². The van der Waals surface area contributed by atoms with E-state index >= 15 is 0 Å². The van der Waals surface area contributed by atoms with Crippen molar-refractivity contribution in [2.24, 2.45) is 12.0 Å². The van der Waals surface area contributed by atoms with Gasteiger partial charge in [0.25, 0.3) is 0 Å². The number of hydrogen-bond donors (Lipinski definition) is 2. The van der Waals surface area contributed by atoms with Gasteiger partial charge in [0.2, 0.25) is 5.91 Å². The van der Waals surface area contributed by atoms with Crippen LogP contribution in [0.5, 0.6) is 0 Å². The van der Waals surface area contributed by atoms with Gasteiger partial charge in [-0.05, 0) is 42.7 Å². The summed E-state index contributed by atoms with van der Waals surface area (Å²) < 4.78 is 1.85. The normalized spacial score (nSPS) is 17.0. The molecule has 7 nitrogen and oxygen atoms in total. The highest BCUT2D eigenvalue weighted by Crippen LogP contribution is 2.26. The van der Waals surface area contributed by atoms with Crippen LogP contribution in [0.1, 0.15) is 30.7 Å². The zero-order valence-corrected chi connectivity index (χ0v) is 17.1. The Kier molecular flexibility index (Phi) is 6.92. The Morgan fingerprint density at radius 3 is 2.82 bits per heavy atom. The van der Waals surface area contributed by atoms with Gasteiger partial charge in [0.1, 0.15) is 0 Å². The van der Waals surface area contributed by atoms with Crippen LogP contribution in [0.4, 0.5) is 5.69 Å². The summed E-state index contributed by atoms with van der Waals surface area (Å²) in [5, 5.41) is 11.2. The largest absolute Gasteiger partial charge is 0.356 e. The Hall–Kier alpha value is -2.54. The van der Waals surface area contributed by atoms with E-state index in [1.807, 2.05) is 17.9 Å². The molecule has 1 aromatic carbocycles. The number of rotatable bonds is 6. The molecule has 1 unspecified atom stereocenters. The Labute approximate surface area is 170 Å². The van der Waals surface area contributed by atoms with Crippen molar-refractivity contribution in [1.82, 2.24) is 20.0 Å². The average Bonchev–Trinajstić information content (AvgIpc) is 3.33. The zero-order valence-electron chi connectivity index (χ0n) is 16.4. The first-order chi connectivity index (χ1) is 13.5. The van der Waals surface area contributed by atoms with Gasteiger partial charge in [-0.25, -0.2) is 0 Å². The number of likely N-dealkylation sites (tertiary alicyclic amines) is 1. The molecule has 1 amide bonds. The van der Waals surface area contributed by atoms with Crippen LogP contribution < -0.4 is 10.6 Å². The Morgan fingerprint density at radius 1 is 1.36 bits per heavy atom. The number of aryl methyl sites for hydroxylation is 1. The van der Waals surface area contributed by atoms with Crippen LogP contribution in [0, 0.1) is 0 Å². The van der Waals surface area contributed by atoms with Gasteiger partial charge in [-0.2, -0.15) is 5.10 Å². The molecule has 3 rings (SSSR count). The molecule has 1 aromatic heterocycles. The maximum absolute atomic E-state index is 12.0. The number of benzene rings is 1. The van der Waals surface area contributed by atoms with Gasteiger partial charge in [-0.3, -0.25) is 14.5 Å². The molecular weight excluding hydrogens is 376 g/mol. The molecule has 0 spiro atoms. The number of halogens is 1. The highest BCUT2D eigenvalue weighted by Gasteiger charge is 2.26. The van der Waals surface area contributed by atoms with Crippen molar-refractivity contribution >= 4 is 29.2 Å². The molecule has 150 valence electrons. The molecule has 2 aromatic rings. The summed E-state index contributed by atoms with van der Waals surface area (Å²) in [6, 6.07) is 7.12.